The van der Waals surface area contributed by atoms with Crippen molar-refractivity contribution in [3.63, 3.8) is 0 Å². The third-order valence-electron chi connectivity index (χ3n) is 2.56. The monoisotopic (exact) mass is 252 g/mol. The van der Waals surface area contributed by atoms with Crippen molar-refractivity contribution in [2.75, 3.05) is 31.6 Å². The molecule has 2 heterocycles. The van der Waals surface area contributed by atoms with Gasteiger partial charge in [0.2, 0.25) is 0 Å². The fourth-order valence-electron chi connectivity index (χ4n) is 1.76. The molecule has 0 aromatic carbocycles. The Bertz CT molecular complexity index is 400. The Morgan fingerprint density at radius 1 is 1.76 bits per heavy atom. The van der Waals surface area contributed by atoms with Crippen LogP contribution in [0.1, 0.15) is 11.8 Å². The number of aromatic nitrogens is 1. The molecule has 1 aliphatic heterocycles. The van der Waals surface area contributed by atoms with E-state index < -0.39 is 0 Å². The van der Waals surface area contributed by atoms with Crippen LogP contribution in [0, 0.1) is 11.3 Å². The molecule has 0 aliphatic carbocycles. The number of hydrogen-bond acceptors (Lipinski definition) is 6. The summed E-state index contributed by atoms with van der Waals surface area (Å²) in [6, 6.07) is 2.16. The van der Waals surface area contributed by atoms with Crippen molar-refractivity contribution in [3.05, 3.63) is 11.1 Å². The van der Waals surface area contributed by atoms with E-state index in [4.69, 9.17) is 10.00 Å². The molecule has 0 saturated carbocycles. The van der Waals surface area contributed by atoms with Crippen LogP contribution in [0.15, 0.2) is 6.20 Å². The van der Waals surface area contributed by atoms with Crippen molar-refractivity contribution in [1.29, 1.82) is 5.26 Å². The van der Waals surface area contributed by atoms with Crippen LogP contribution in [0.3, 0.4) is 0 Å². The summed E-state index contributed by atoms with van der Waals surface area (Å²) in [7, 11) is 0. The Kier molecular flexibility index (Phi) is 4.31. The van der Waals surface area contributed by atoms with E-state index in [1.54, 1.807) is 11.3 Å². The molecule has 1 fully saturated rings. The van der Waals surface area contributed by atoms with Crippen LogP contribution in [0.2, 0.25) is 0 Å². The lowest BCUT2D eigenvalue weighted by Gasteiger charge is -2.28. The van der Waals surface area contributed by atoms with Crippen LogP contribution in [0.4, 0.5) is 5.13 Å². The van der Waals surface area contributed by atoms with Gasteiger partial charge in [-0.2, -0.15) is 5.26 Å². The van der Waals surface area contributed by atoms with E-state index in [2.05, 4.69) is 28.2 Å². The average molecular weight is 252 g/mol. The minimum atomic E-state index is -0.287. The van der Waals surface area contributed by atoms with Gasteiger partial charge in [0.1, 0.15) is 0 Å². The third-order valence-corrected chi connectivity index (χ3v) is 3.50. The number of nitriles is 1. The fraction of sp³-hybridized carbons (Fsp3) is 0.636. The minimum absolute atomic E-state index is 0.287. The van der Waals surface area contributed by atoms with E-state index in [9.17, 15) is 0 Å². The first-order valence-corrected chi connectivity index (χ1v) is 6.55. The Morgan fingerprint density at radius 3 is 3.41 bits per heavy atom. The van der Waals surface area contributed by atoms with E-state index in [1.165, 1.54) is 4.88 Å². The molecule has 92 valence electrons. The number of hydrogen-bond donors (Lipinski definition) is 1. The normalized spacial score (nSPS) is 21.1. The SMILES string of the molecule is CCNc1ncc(CN2CCOC(C#N)C2)s1. The van der Waals surface area contributed by atoms with Crippen molar-refractivity contribution in [1.82, 2.24) is 9.88 Å². The van der Waals surface area contributed by atoms with Gasteiger partial charge >= 0.3 is 0 Å². The molecule has 1 aliphatic rings. The molecule has 5 nitrogen and oxygen atoms in total. The first-order valence-electron chi connectivity index (χ1n) is 5.74. The molecule has 2 rings (SSSR count). The number of morpholine rings is 1. The second kappa shape index (κ2) is 5.96. The zero-order chi connectivity index (χ0) is 12.1. The molecule has 17 heavy (non-hydrogen) atoms. The molecule has 1 aromatic rings. The zero-order valence-corrected chi connectivity index (χ0v) is 10.7. The van der Waals surface area contributed by atoms with Crippen LogP contribution in [0.5, 0.6) is 0 Å². The lowest BCUT2D eigenvalue weighted by Crippen LogP contribution is -2.41. The molecule has 0 bridgehead atoms. The van der Waals surface area contributed by atoms with Crippen LogP contribution < -0.4 is 5.32 Å². The van der Waals surface area contributed by atoms with Crippen LogP contribution in [0.25, 0.3) is 0 Å². The van der Waals surface area contributed by atoms with Gasteiger partial charge in [-0.15, -0.1) is 11.3 Å². The van der Waals surface area contributed by atoms with Crippen molar-refractivity contribution in [2.45, 2.75) is 19.6 Å². The lowest BCUT2D eigenvalue weighted by atomic mass is 10.3. The van der Waals surface area contributed by atoms with E-state index in [-0.39, 0.29) is 6.10 Å². The predicted octanol–water partition coefficient (Wildman–Crippen LogP) is 1.30. The summed E-state index contributed by atoms with van der Waals surface area (Å²) in [6.07, 6.45) is 1.62. The Hall–Kier alpha value is -1.16. The topological polar surface area (TPSA) is 61.2 Å². The summed E-state index contributed by atoms with van der Waals surface area (Å²) in [5, 5.41) is 13.0. The molecule has 1 saturated heterocycles. The first-order chi connectivity index (χ1) is 8.31. The van der Waals surface area contributed by atoms with Gasteiger partial charge in [0.25, 0.3) is 0 Å². The largest absolute Gasteiger partial charge is 0.362 e. The van der Waals surface area contributed by atoms with E-state index >= 15 is 0 Å². The highest BCUT2D eigenvalue weighted by Crippen LogP contribution is 2.20. The summed E-state index contributed by atoms with van der Waals surface area (Å²) in [6.45, 7) is 6.00. The second-order valence-corrected chi connectivity index (χ2v) is 5.00. The minimum Gasteiger partial charge on any atom is -0.362 e. The number of nitrogens with one attached hydrogen (secondary N) is 1. The Balaban J connectivity index is 1.89. The smallest absolute Gasteiger partial charge is 0.182 e. The highest BCUT2D eigenvalue weighted by Gasteiger charge is 2.20. The molecule has 6 heteroatoms. The Labute approximate surface area is 105 Å². The summed E-state index contributed by atoms with van der Waals surface area (Å²) in [5.74, 6) is 0. The van der Waals surface area contributed by atoms with Crippen molar-refractivity contribution in [3.8, 4) is 6.07 Å². The van der Waals surface area contributed by atoms with E-state index in [1.807, 2.05) is 6.20 Å². The van der Waals surface area contributed by atoms with Gasteiger partial charge in [0.15, 0.2) is 11.2 Å². The van der Waals surface area contributed by atoms with Gasteiger partial charge in [0.05, 0.1) is 12.7 Å². The van der Waals surface area contributed by atoms with Gasteiger partial charge in [-0.1, -0.05) is 0 Å². The fourth-order valence-corrected chi connectivity index (χ4v) is 2.68. The number of rotatable bonds is 4. The number of thiazole rings is 1. The molecule has 1 N–H and O–H groups in total. The van der Waals surface area contributed by atoms with Gasteiger partial charge in [-0.05, 0) is 6.92 Å². The molecule has 0 amide bonds. The summed E-state index contributed by atoms with van der Waals surface area (Å²) < 4.78 is 5.31. The molecule has 1 aromatic heterocycles. The summed E-state index contributed by atoms with van der Waals surface area (Å²) in [5.41, 5.74) is 0. The molecule has 0 spiro atoms. The van der Waals surface area contributed by atoms with Crippen LogP contribution in [-0.4, -0.2) is 42.2 Å². The number of anilines is 1. The van der Waals surface area contributed by atoms with Crippen molar-refractivity contribution >= 4 is 16.5 Å². The quantitative estimate of drug-likeness (QED) is 0.875. The highest BCUT2D eigenvalue weighted by molar-refractivity contribution is 7.15. The molecular weight excluding hydrogens is 236 g/mol. The van der Waals surface area contributed by atoms with Crippen LogP contribution >= 0.6 is 11.3 Å². The predicted molar refractivity (Wildman–Crippen MR) is 66.9 cm³/mol. The molecule has 1 unspecified atom stereocenters. The second-order valence-electron chi connectivity index (χ2n) is 3.89. The van der Waals surface area contributed by atoms with E-state index in [0.717, 1.165) is 24.8 Å². The maximum atomic E-state index is 8.83. The Morgan fingerprint density at radius 2 is 2.65 bits per heavy atom. The van der Waals surface area contributed by atoms with Crippen molar-refractivity contribution in [2.24, 2.45) is 0 Å². The summed E-state index contributed by atoms with van der Waals surface area (Å²) in [4.78, 5) is 7.75. The lowest BCUT2D eigenvalue weighted by molar-refractivity contribution is -0.00234. The first kappa shape index (κ1) is 12.3. The zero-order valence-electron chi connectivity index (χ0n) is 9.85. The maximum absolute atomic E-state index is 8.83. The molecule has 1 atom stereocenters. The van der Waals surface area contributed by atoms with Gasteiger partial charge in [-0.3, -0.25) is 4.90 Å². The highest BCUT2D eigenvalue weighted by atomic mass is 32.1. The third kappa shape index (κ3) is 3.40. The van der Waals surface area contributed by atoms with Gasteiger partial charge in [-0.25, -0.2) is 4.98 Å². The molecular formula is C11H16N4OS. The van der Waals surface area contributed by atoms with Crippen molar-refractivity contribution < 1.29 is 4.74 Å². The molecule has 0 radical (unpaired) electrons. The summed E-state index contributed by atoms with van der Waals surface area (Å²) >= 11 is 1.67. The van der Waals surface area contributed by atoms with Gasteiger partial charge in [0, 0.05) is 37.3 Å². The standard InChI is InChI=1S/C11H16N4OS/c1-2-13-11-14-6-10(17-11)8-15-3-4-16-9(5-12)7-15/h6,9H,2-4,7-8H2,1H3,(H,13,14). The maximum Gasteiger partial charge on any atom is 0.182 e. The number of nitrogens with zero attached hydrogens (tertiary/aromatic N) is 3. The average Bonchev–Trinajstić information content (AvgIpc) is 2.77. The number of ether oxygens (including phenoxy) is 1. The van der Waals surface area contributed by atoms with Crippen LogP contribution in [-0.2, 0) is 11.3 Å². The van der Waals surface area contributed by atoms with E-state index in [0.29, 0.717) is 13.2 Å². The van der Waals surface area contributed by atoms with Gasteiger partial charge < -0.3 is 10.1 Å².